The fourth-order valence-electron chi connectivity index (χ4n) is 2.88. The van der Waals surface area contributed by atoms with Gasteiger partial charge in [0.15, 0.2) is 0 Å². The van der Waals surface area contributed by atoms with Crippen LogP contribution in [0.1, 0.15) is 34.5 Å². The molecule has 21 heavy (non-hydrogen) atoms. The van der Waals surface area contributed by atoms with Crippen LogP contribution < -0.4 is 5.32 Å². The standard InChI is InChI=1S/C19H21NS/c1-12-9-10-17(13(2)11-12)20-15(4)19-14(3)16-7-5-6-8-18(16)21-19/h5-11,15,20H,1-4H3. The van der Waals surface area contributed by atoms with E-state index in [1.54, 1.807) is 0 Å². The van der Waals surface area contributed by atoms with Crippen molar-refractivity contribution < 1.29 is 0 Å². The predicted molar refractivity (Wildman–Crippen MR) is 94.5 cm³/mol. The van der Waals surface area contributed by atoms with E-state index < -0.39 is 0 Å². The lowest BCUT2D eigenvalue weighted by atomic mass is 10.1. The van der Waals surface area contributed by atoms with E-state index in [0.717, 1.165) is 0 Å². The maximum absolute atomic E-state index is 3.67. The topological polar surface area (TPSA) is 12.0 Å². The maximum atomic E-state index is 3.67. The molecule has 0 spiro atoms. The van der Waals surface area contributed by atoms with Crippen LogP contribution in [0.15, 0.2) is 42.5 Å². The summed E-state index contributed by atoms with van der Waals surface area (Å²) < 4.78 is 1.37. The third-order valence-electron chi connectivity index (χ3n) is 4.03. The number of hydrogen-bond acceptors (Lipinski definition) is 2. The van der Waals surface area contributed by atoms with Gasteiger partial charge in [-0.15, -0.1) is 11.3 Å². The molecule has 0 radical (unpaired) electrons. The molecule has 108 valence electrons. The molecule has 2 aromatic carbocycles. The Hall–Kier alpha value is -1.80. The van der Waals surface area contributed by atoms with Crippen molar-refractivity contribution in [3.63, 3.8) is 0 Å². The minimum Gasteiger partial charge on any atom is -0.377 e. The first-order valence-electron chi connectivity index (χ1n) is 7.38. The van der Waals surface area contributed by atoms with Crippen LogP contribution in [0.2, 0.25) is 0 Å². The van der Waals surface area contributed by atoms with Gasteiger partial charge in [0.2, 0.25) is 0 Å². The smallest absolute Gasteiger partial charge is 0.0581 e. The normalized spacial score (nSPS) is 12.6. The van der Waals surface area contributed by atoms with Crippen LogP contribution in [0.25, 0.3) is 10.1 Å². The van der Waals surface area contributed by atoms with E-state index in [4.69, 9.17) is 0 Å². The number of rotatable bonds is 3. The van der Waals surface area contributed by atoms with Crippen LogP contribution in [0.5, 0.6) is 0 Å². The lowest BCUT2D eigenvalue weighted by Crippen LogP contribution is -2.07. The second-order valence-electron chi connectivity index (χ2n) is 5.77. The molecule has 0 fully saturated rings. The van der Waals surface area contributed by atoms with Gasteiger partial charge in [-0.25, -0.2) is 0 Å². The number of benzene rings is 2. The van der Waals surface area contributed by atoms with Crippen LogP contribution in [0.4, 0.5) is 5.69 Å². The number of anilines is 1. The zero-order valence-electron chi connectivity index (χ0n) is 13.0. The van der Waals surface area contributed by atoms with Gasteiger partial charge in [0.05, 0.1) is 6.04 Å². The third kappa shape index (κ3) is 2.68. The Kier molecular flexibility index (Phi) is 3.73. The van der Waals surface area contributed by atoms with Crippen molar-refractivity contribution in [2.24, 2.45) is 0 Å². The average Bonchev–Trinajstić information content (AvgIpc) is 2.80. The summed E-state index contributed by atoms with van der Waals surface area (Å²) in [4.78, 5) is 1.43. The molecule has 1 aromatic heterocycles. The minimum absolute atomic E-state index is 0.323. The Balaban J connectivity index is 1.93. The van der Waals surface area contributed by atoms with E-state index in [1.807, 2.05) is 11.3 Å². The van der Waals surface area contributed by atoms with E-state index in [2.05, 4.69) is 75.5 Å². The van der Waals surface area contributed by atoms with Gasteiger partial charge in [-0.1, -0.05) is 35.9 Å². The van der Waals surface area contributed by atoms with Gasteiger partial charge in [-0.05, 0) is 56.3 Å². The number of hydrogen-bond donors (Lipinski definition) is 1. The molecule has 0 aliphatic rings. The molecule has 1 atom stereocenters. The Labute approximate surface area is 130 Å². The quantitative estimate of drug-likeness (QED) is 0.625. The first-order valence-corrected chi connectivity index (χ1v) is 8.19. The zero-order chi connectivity index (χ0) is 15.0. The number of aryl methyl sites for hydroxylation is 3. The summed E-state index contributed by atoms with van der Waals surface area (Å²) in [5, 5.41) is 5.05. The first kappa shape index (κ1) is 14.2. The zero-order valence-corrected chi connectivity index (χ0v) is 13.8. The Morgan fingerprint density at radius 1 is 1.00 bits per heavy atom. The SMILES string of the molecule is Cc1ccc(NC(C)c2sc3ccccc3c2C)c(C)c1. The summed E-state index contributed by atoms with van der Waals surface area (Å²) in [6.45, 7) is 8.78. The molecule has 0 amide bonds. The molecule has 1 unspecified atom stereocenters. The molecular weight excluding hydrogens is 274 g/mol. The van der Waals surface area contributed by atoms with Gasteiger partial charge in [0, 0.05) is 15.3 Å². The summed E-state index contributed by atoms with van der Waals surface area (Å²) in [6, 6.07) is 15.6. The molecule has 0 saturated carbocycles. The van der Waals surface area contributed by atoms with Crippen molar-refractivity contribution in [1.82, 2.24) is 0 Å². The van der Waals surface area contributed by atoms with Gasteiger partial charge >= 0.3 is 0 Å². The van der Waals surface area contributed by atoms with E-state index in [0.29, 0.717) is 6.04 Å². The Bertz CT molecular complexity index is 785. The highest BCUT2D eigenvalue weighted by atomic mass is 32.1. The number of fused-ring (bicyclic) bond motifs is 1. The van der Waals surface area contributed by atoms with Crippen LogP contribution in [-0.4, -0.2) is 0 Å². The van der Waals surface area contributed by atoms with Crippen molar-refractivity contribution in [2.45, 2.75) is 33.7 Å². The van der Waals surface area contributed by atoms with E-state index in [9.17, 15) is 0 Å². The van der Waals surface area contributed by atoms with Gasteiger partial charge in [-0.2, -0.15) is 0 Å². The number of nitrogens with one attached hydrogen (secondary N) is 1. The van der Waals surface area contributed by atoms with Gasteiger partial charge in [0.1, 0.15) is 0 Å². The lowest BCUT2D eigenvalue weighted by Gasteiger charge is -2.17. The van der Waals surface area contributed by atoms with Gasteiger partial charge < -0.3 is 5.32 Å². The second kappa shape index (κ2) is 5.53. The van der Waals surface area contributed by atoms with Crippen LogP contribution >= 0.6 is 11.3 Å². The minimum atomic E-state index is 0.323. The summed E-state index contributed by atoms with van der Waals surface area (Å²) in [5.74, 6) is 0. The summed E-state index contributed by atoms with van der Waals surface area (Å²) in [5.41, 5.74) is 5.25. The van der Waals surface area contributed by atoms with Crippen molar-refractivity contribution in [3.05, 3.63) is 64.0 Å². The predicted octanol–water partition coefficient (Wildman–Crippen LogP) is 6.00. The highest BCUT2D eigenvalue weighted by Crippen LogP contribution is 2.36. The first-order chi connectivity index (χ1) is 10.1. The maximum Gasteiger partial charge on any atom is 0.0581 e. The largest absolute Gasteiger partial charge is 0.377 e. The van der Waals surface area contributed by atoms with Crippen LogP contribution in [-0.2, 0) is 0 Å². The van der Waals surface area contributed by atoms with Gasteiger partial charge in [-0.3, -0.25) is 0 Å². The molecule has 0 aliphatic carbocycles. The monoisotopic (exact) mass is 295 g/mol. The molecule has 1 heterocycles. The van der Waals surface area contributed by atoms with E-state index >= 15 is 0 Å². The molecule has 0 bridgehead atoms. The molecule has 0 saturated heterocycles. The second-order valence-corrected chi connectivity index (χ2v) is 6.86. The highest BCUT2D eigenvalue weighted by Gasteiger charge is 2.14. The summed E-state index contributed by atoms with van der Waals surface area (Å²) in [7, 11) is 0. The fraction of sp³-hybridized carbons (Fsp3) is 0.263. The summed E-state index contributed by atoms with van der Waals surface area (Å²) >= 11 is 1.90. The lowest BCUT2D eigenvalue weighted by molar-refractivity contribution is 0.898. The number of thiophene rings is 1. The van der Waals surface area contributed by atoms with E-state index in [1.165, 1.54) is 37.3 Å². The third-order valence-corrected chi connectivity index (χ3v) is 5.48. The van der Waals surface area contributed by atoms with Crippen molar-refractivity contribution in [1.29, 1.82) is 0 Å². The summed E-state index contributed by atoms with van der Waals surface area (Å²) in [6.07, 6.45) is 0. The van der Waals surface area contributed by atoms with Crippen LogP contribution in [0, 0.1) is 20.8 Å². The fourth-order valence-corrected chi connectivity index (χ4v) is 4.09. The molecule has 3 rings (SSSR count). The molecule has 2 heteroatoms. The van der Waals surface area contributed by atoms with E-state index in [-0.39, 0.29) is 0 Å². The van der Waals surface area contributed by atoms with Gasteiger partial charge in [0.25, 0.3) is 0 Å². The highest BCUT2D eigenvalue weighted by molar-refractivity contribution is 7.19. The molecular formula is C19H21NS. The van der Waals surface area contributed by atoms with Crippen molar-refractivity contribution >= 4 is 27.1 Å². The molecule has 1 N–H and O–H groups in total. The average molecular weight is 295 g/mol. The Morgan fingerprint density at radius 3 is 2.48 bits per heavy atom. The molecule has 1 nitrogen and oxygen atoms in total. The van der Waals surface area contributed by atoms with Crippen molar-refractivity contribution in [2.75, 3.05) is 5.32 Å². The Morgan fingerprint density at radius 2 is 1.76 bits per heavy atom. The molecule has 3 aromatic rings. The van der Waals surface area contributed by atoms with Crippen LogP contribution in [0.3, 0.4) is 0 Å². The van der Waals surface area contributed by atoms with Crippen molar-refractivity contribution in [3.8, 4) is 0 Å². The molecule has 0 aliphatic heterocycles.